The van der Waals surface area contributed by atoms with Crippen LogP contribution in [0.1, 0.15) is 0 Å². The zero-order valence-corrected chi connectivity index (χ0v) is 6.36. The van der Waals surface area contributed by atoms with E-state index in [1.165, 1.54) is 0 Å². The van der Waals surface area contributed by atoms with E-state index in [2.05, 4.69) is 10.3 Å². The van der Waals surface area contributed by atoms with Crippen LogP contribution in [-0.2, 0) is 4.74 Å². The van der Waals surface area contributed by atoms with Crippen molar-refractivity contribution in [3.63, 3.8) is 0 Å². The average molecular weight is 152 g/mol. The zero-order chi connectivity index (χ0) is 7.78. The first kappa shape index (κ1) is 8.17. The average Bonchev–Trinajstić information content (AvgIpc) is 2.64. The Hall–Kier alpha value is -0.930. The summed E-state index contributed by atoms with van der Waals surface area (Å²) in [7, 11) is 0. The summed E-state index contributed by atoms with van der Waals surface area (Å²) in [5.74, 6) is 0. The maximum Gasteiger partial charge on any atom is 0.0966 e. The number of nitrogens with zero attached hydrogens (tertiary/aromatic N) is 1. The summed E-state index contributed by atoms with van der Waals surface area (Å²) in [6.45, 7) is 2.67. The summed E-state index contributed by atoms with van der Waals surface area (Å²) in [6.07, 6.45) is 3.50. The number of hydrogen-bond donors (Lipinski definition) is 1. The lowest BCUT2D eigenvalue weighted by atomic mass is 10.5. The fourth-order valence-electron chi connectivity index (χ4n) is 0.673. The Kier molecular flexibility index (Phi) is 4.33. The van der Waals surface area contributed by atoms with Crippen molar-refractivity contribution in [3.8, 4) is 0 Å². The van der Waals surface area contributed by atoms with Crippen molar-refractivity contribution < 1.29 is 4.74 Å². The van der Waals surface area contributed by atoms with Crippen LogP contribution in [0.15, 0.2) is 30.6 Å². The lowest BCUT2D eigenvalue weighted by Gasteiger charge is -1.76. The SMILES string of the molecule is C1COCN1.c1ccncc1. The van der Waals surface area contributed by atoms with Gasteiger partial charge in [0.05, 0.1) is 13.3 Å². The maximum absolute atomic E-state index is 4.83. The molecular weight excluding hydrogens is 140 g/mol. The van der Waals surface area contributed by atoms with Crippen molar-refractivity contribution >= 4 is 0 Å². The van der Waals surface area contributed by atoms with Crippen LogP contribution >= 0.6 is 0 Å². The van der Waals surface area contributed by atoms with E-state index in [0.29, 0.717) is 0 Å². The molecule has 0 spiro atoms. The first-order chi connectivity index (χ1) is 5.50. The quantitative estimate of drug-likeness (QED) is 0.592. The third kappa shape index (κ3) is 4.47. The van der Waals surface area contributed by atoms with Gasteiger partial charge in [-0.3, -0.25) is 10.3 Å². The van der Waals surface area contributed by atoms with Gasteiger partial charge in [0.2, 0.25) is 0 Å². The normalized spacial score (nSPS) is 15.3. The molecule has 0 radical (unpaired) electrons. The maximum atomic E-state index is 4.83. The molecule has 1 aromatic rings. The van der Waals surface area contributed by atoms with Crippen molar-refractivity contribution in [1.29, 1.82) is 0 Å². The Morgan fingerprint density at radius 2 is 2.00 bits per heavy atom. The minimum absolute atomic E-state index is 0.750. The molecule has 1 aliphatic heterocycles. The highest BCUT2D eigenvalue weighted by molar-refractivity contribution is 4.88. The minimum Gasteiger partial charge on any atom is -0.365 e. The van der Waals surface area contributed by atoms with Gasteiger partial charge in [-0.2, -0.15) is 0 Å². The second-order valence-electron chi connectivity index (χ2n) is 2.08. The molecular formula is C8H12N2O. The molecule has 1 N–H and O–H groups in total. The van der Waals surface area contributed by atoms with Crippen LogP contribution in [0.5, 0.6) is 0 Å². The van der Waals surface area contributed by atoms with E-state index in [1.54, 1.807) is 12.4 Å². The van der Waals surface area contributed by atoms with Crippen molar-refractivity contribution in [3.05, 3.63) is 30.6 Å². The Bertz CT molecular complexity index is 129. The molecule has 0 unspecified atom stereocenters. The monoisotopic (exact) mass is 152 g/mol. The topological polar surface area (TPSA) is 34.1 Å². The molecule has 0 bridgehead atoms. The van der Waals surface area contributed by atoms with E-state index in [1.807, 2.05) is 18.2 Å². The van der Waals surface area contributed by atoms with Crippen LogP contribution in [0.3, 0.4) is 0 Å². The van der Waals surface area contributed by atoms with Gasteiger partial charge in [0.15, 0.2) is 0 Å². The summed E-state index contributed by atoms with van der Waals surface area (Å²) >= 11 is 0. The smallest absolute Gasteiger partial charge is 0.0966 e. The van der Waals surface area contributed by atoms with Gasteiger partial charge >= 0.3 is 0 Å². The first-order valence-electron chi connectivity index (χ1n) is 3.63. The van der Waals surface area contributed by atoms with Gasteiger partial charge in [-0.15, -0.1) is 0 Å². The standard InChI is InChI=1S/C5H5N.C3H7NO/c1-2-4-6-5-3-1;1-2-5-3-4-1/h1-5H;4H,1-3H2. The summed E-state index contributed by atoms with van der Waals surface area (Å²) in [6, 6.07) is 5.72. The van der Waals surface area contributed by atoms with Gasteiger partial charge in [-0.1, -0.05) is 6.07 Å². The Morgan fingerprint density at radius 3 is 2.18 bits per heavy atom. The molecule has 3 heteroatoms. The molecule has 2 heterocycles. The second-order valence-corrected chi connectivity index (χ2v) is 2.08. The van der Waals surface area contributed by atoms with Gasteiger partial charge in [-0.25, -0.2) is 0 Å². The largest absolute Gasteiger partial charge is 0.365 e. The molecule has 0 aliphatic carbocycles. The number of pyridine rings is 1. The zero-order valence-electron chi connectivity index (χ0n) is 6.36. The Morgan fingerprint density at radius 1 is 1.18 bits per heavy atom. The number of hydrogen-bond acceptors (Lipinski definition) is 3. The van der Waals surface area contributed by atoms with E-state index in [-0.39, 0.29) is 0 Å². The molecule has 1 aliphatic rings. The third-order valence-corrected chi connectivity index (χ3v) is 1.19. The molecule has 1 aromatic heterocycles. The van der Waals surface area contributed by atoms with Crippen molar-refractivity contribution in [1.82, 2.24) is 10.3 Å². The lowest BCUT2D eigenvalue weighted by molar-refractivity contribution is 0.194. The second kappa shape index (κ2) is 5.82. The summed E-state index contributed by atoms with van der Waals surface area (Å²) in [4.78, 5) is 3.78. The Labute approximate surface area is 66.4 Å². The van der Waals surface area contributed by atoms with Crippen LogP contribution in [0.2, 0.25) is 0 Å². The fourth-order valence-corrected chi connectivity index (χ4v) is 0.673. The fraction of sp³-hybridized carbons (Fsp3) is 0.375. The number of ether oxygens (including phenoxy) is 1. The highest BCUT2D eigenvalue weighted by Gasteiger charge is 1.92. The van der Waals surface area contributed by atoms with Crippen molar-refractivity contribution in [2.45, 2.75) is 0 Å². The van der Waals surface area contributed by atoms with E-state index >= 15 is 0 Å². The predicted octanol–water partition coefficient (Wildman–Crippen LogP) is 0.645. The minimum atomic E-state index is 0.750. The molecule has 0 atom stereocenters. The third-order valence-electron chi connectivity index (χ3n) is 1.19. The molecule has 1 saturated heterocycles. The summed E-state index contributed by atoms with van der Waals surface area (Å²) < 4.78 is 4.83. The highest BCUT2D eigenvalue weighted by atomic mass is 16.5. The van der Waals surface area contributed by atoms with Crippen LogP contribution < -0.4 is 5.32 Å². The molecule has 11 heavy (non-hydrogen) atoms. The van der Waals surface area contributed by atoms with Crippen LogP contribution in [0.4, 0.5) is 0 Å². The van der Waals surface area contributed by atoms with Crippen LogP contribution in [0, 0.1) is 0 Å². The van der Waals surface area contributed by atoms with E-state index in [4.69, 9.17) is 4.74 Å². The number of aromatic nitrogens is 1. The van der Waals surface area contributed by atoms with Gasteiger partial charge in [0, 0.05) is 18.9 Å². The molecule has 0 amide bonds. The number of rotatable bonds is 0. The summed E-state index contributed by atoms with van der Waals surface area (Å²) in [5, 5.41) is 3.00. The van der Waals surface area contributed by atoms with Gasteiger partial charge in [0.25, 0.3) is 0 Å². The van der Waals surface area contributed by atoms with E-state index < -0.39 is 0 Å². The Balaban J connectivity index is 0.000000112. The molecule has 60 valence electrons. The van der Waals surface area contributed by atoms with Crippen molar-refractivity contribution in [2.24, 2.45) is 0 Å². The molecule has 2 rings (SSSR count). The molecule has 0 saturated carbocycles. The van der Waals surface area contributed by atoms with E-state index in [9.17, 15) is 0 Å². The highest BCUT2D eigenvalue weighted by Crippen LogP contribution is 1.75. The summed E-state index contributed by atoms with van der Waals surface area (Å²) in [5.41, 5.74) is 0. The van der Waals surface area contributed by atoms with Gasteiger partial charge < -0.3 is 4.74 Å². The van der Waals surface area contributed by atoms with Crippen LogP contribution in [0.25, 0.3) is 0 Å². The molecule has 3 nitrogen and oxygen atoms in total. The van der Waals surface area contributed by atoms with Gasteiger partial charge in [-0.05, 0) is 12.1 Å². The van der Waals surface area contributed by atoms with Crippen molar-refractivity contribution in [2.75, 3.05) is 19.9 Å². The van der Waals surface area contributed by atoms with Crippen LogP contribution in [-0.4, -0.2) is 24.9 Å². The molecule has 1 fully saturated rings. The predicted molar refractivity (Wildman–Crippen MR) is 43.1 cm³/mol. The molecule has 0 aromatic carbocycles. The first-order valence-corrected chi connectivity index (χ1v) is 3.63. The number of nitrogens with one attached hydrogen (secondary N) is 1. The lowest BCUT2D eigenvalue weighted by Crippen LogP contribution is -2.05. The van der Waals surface area contributed by atoms with E-state index in [0.717, 1.165) is 19.9 Å². The van der Waals surface area contributed by atoms with Gasteiger partial charge in [0.1, 0.15) is 0 Å².